The van der Waals surface area contributed by atoms with Gasteiger partial charge in [0.15, 0.2) is 11.6 Å². The van der Waals surface area contributed by atoms with Crippen molar-refractivity contribution in [2.45, 2.75) is 4.90 Å². The summed E-state index contributed by atoms with van der Waals surface area (Å²) in [5, 5.41) is 10.5. The number of halogens is 2. The fraction of sp³-hybridized carbons (Fsp3) is 0.0769. The van der Waals surface area contributed by atoms with E-state index in [2.05, 4.69) is 4.72 Å². The molecule has 0 aliphatic rings. The first kappa shape index (κ1) is 17.0. The summed E-state index contributed by atoms with van der Waals surface area (Å²) in [7, 11) is -2.86. The number of ether oxygens (including phenoxy) is 1. The van der Waals surface area contributed by atoms with Crippen LogP contribution in [0.2, 0.25) is 5.02 Å². The van der Waals surface area contributed by atoms with Crippen molar-refractivity contribution in [1.29, 1.82) is 0 Å². The van der Waals surface area contributed by atoms with E-state index in [1.54, 1.807) is 0 Å². The van der Waals surface area contributed by atoms with Crippen LogP contribution in [0.1, 0.15) is 0 Å². The van der Waals surface area contributed by atoms with E-state index >= 15 is 0 Å². The maximum Gasteiger partial charge on any atom is 0.271 e. The number of non-ortho nitro benzene ring substituents is 1. The van der Waals surface area contributed by atoms with Crippen molar-refractivity contribution >= 4 is 33.0 Å². The van der Waals surface area contributed by atoms with Crippen molar-refractivity contribution < 1.29 is 22.5 Å². The lowest BCUT2D eigenvalue weighted by Crippen LogP contribution is -2.13. The fourth-order valence-corrected chi connectivity index (χ4v) is 3.09. The molecule has 2 aromatic carbocycles. The lowest BCUT2D eigenvalue weighted by Gasteiger charge is -2.10. The molecule has 0 unspecified atom stereocenters. The van der Waals surface area contributed by atoms with Crippen molar-refractivity contribution in [1.82, 2.24) is 0 Å². The third kappa shape index (κ3) is 3.69. The molecule has 2 rings (SSSR count). The van der Waals surface area contributed by atoms with Gasteiger partial charge in [-0.25, -0.2) is 12.8 Å². The molecule has 0 atom stereocenters. The molecule has 0 aromatic heterocycles. The van der Waals surface area contributed by atoms with Crippen molar-refractivity contribution in [3.63, 3.8) is 0 Å². The van der Waals surface area contributed by atoms with Gasteiger partial charge in [-0.2, -0.15) is 0 Å². The molecule has 7 nitrogen and oxygen atoms in total. The van der Waals surface area contributed by atoms with E-state index in [1.807, 2.05) is 0 Å². The zero-order valence-electron chi connectivity index (χ0n) is 11.6. The first-order chi connectivity index (χ1) is 10.7. The van der Waals surface area contributed by atoms with E-state index in [-0.39, 0.29) is 27.0 Å². The highest BCUT2D eigenvalue weighted by molar-refractivity contribution is 7.92. The molecule has 0 saturated heterocycles. The largest absolute Gasteiger partial charge is 0.494 e. The van der Waals surface area contributed by atoms with Crippen LogP contribution in [0.15, 0.2) is 41.3 Å². The number of nitrogens with zero attached hydrogens (tertiary/aromatic N) is 1. The quantitative estimate of drug-likeness (QED) is 0.652. The summed E-state index contributed by atoms with van der Waals surface area (Å²) in [4.78, 5) is 9.62. The Balaban J connectivity index is 2.35. The fourth-order valence-electron chi connectivity index (χ4n) is 1.72. The number of anilines is 1. The molecular formula is C13H10ClFN2O5S. The van der Waals surface area contributed by atoms with Gasteiger partial charge in [0.05, 0.1) is 27.6 Å². The Hall–Kier alpha value is -2.39. The average Bonchev–Trinajstić information content (AvgIpc) is 2.48. The molecular weight excluding hydrogens is 351 g/mol. The Labute approximate surface area is 135 Å². The number of nitro benzene ring substituents is 1. The summed E-state index contributed by atoms with van der Waals surface area (Å²) >= 11 is 5.82. The first-order valence-electron chi connectivity index (χ1n) is 6.05. The van der Waals surface area contributed by atoms with E-state index in [0.717, 1.165) is 30.3 Å². The predicted molar refractivity (Wildman–Crippen MR) is 81.9 cm³/mol. The van der Waals surface area contributed by atoms with Crippen LogP contribution < -0.4 is 9.46 Å². The Kier molecular flexibility index (Phi) is 4.71. The molecule has 0 aliphatic carbocycles. The lowest BCUT2D eigenvalue weighted by molar-refractivity contribution is -0.384. The summed E-state index contributed by atoms with van der Waals surface area (Å²) in [5.41, 5.74) is -0.345. The summed E-state index contributed by atoms with van der Waals surface area (Å²) in [6.07, 6.45) is 0. The summed E-state index contributed by atoms with van der Waals surface area (Å²) in [5.74, 6) is -0.942. The van der Waals surface area contributed by atoms with Crippen molar-refractivity contribution in [3.05, 3.63) is 57.4 Å². The Morgan fingerprint density at radius 2 is 1.96 bits per heavy atom. The smallest absolute Gasteiger partial charge is 0.271 e. The molecule has 2 aromatic rings. The van der Waals surface area contributed by atoms with E-state index in [1.165, 1.54) is 13.2 Å². The van der Waals surface area contributed by atoms with E-state index in [9.17, 15) is 22.9 Å². The minimum Gasteiger partial charge on any atom is -0.494 e. The molecule has 0 amide bonds. The topological polar surface area (TPSA) is 98.5 Å². The van der Waals surface area contributed by atoms with Crippen LogP contribution in [0, 0.1) is 15.9 Å². The second kappa shape index (κ2) is 6.39. The molecule has 122 valence electrons. The number of benzene rings is 2. The molecule has 0 aliphatic heterocycles. The molecule has 0 heterocycles. The monoisotopic (exact) mass is 360 g/mol. The van der Waals surface area contributed by atoms with Crippen LogP contribution in [-0.4, -0.2) is 20.5 Å². The third-order valence-corrected chi connectivity index (χ3v) is 4.52. The number of nitro groups is 1. The summed E-state index contributed by atoms with van der Waals surface area (Å²) in [6, 6.07) is 6.37. The van der Waals surface area contributed by atoms with E-state index < -0.39 is 20.8 Å². The van der Waals surface area contributed by atoms with Crippen molar-refractivity contribution in [3.8, 4) is 5.75 Å². The first-order valence-corrected chi connectivity index (χ1v) is 7.91. The van der Waals surface area contributed by atoms with Gasteiger partial charge in [0.1, 0.15) is 0 Å². The van der Waals surface area contributed by atoms with Crippen LogP contribution in [0.4, 0.5) is 15.8 Å². The van der Waals surface area contributed by atoms with Crippen LogP contribution >= 0.6 is 11.6 Å². The highest BCUT2D eigenvalue weighted by Crippen LogP contribution is 2.29. The highest BCUT2D eigenvalue weighted by Gasteiger charge is 2.19. The van der Waals surface area contributed by atoms with Gasteiger partial charge in [0, 0.05) is 12.1 Å². The normalized spacial score (nSPS) is 11.1. The molecule has 0 radical (unpaired) electrons. The Morgan fingerprint density at radius 1 is 1.26 bits per heavy atom. The molecule has 0 spiro atoms. The lowest BCUT2D eigenvalue weighted by atomic mass is 10.3. The summed E-state index contributed by atoms with van der Waals surface area (Å²) in [6.45, 7) is 0. The van der Waals surface area contributed by atoms with Crippen LogP contribution in [0.3, 0.4) is 0 Å². The van der Waals surface area contributed by atoms with Gasteiger partial charge in [-0.1, -0.05) is 11.6 Å². The maximum atomic E-state index is 13.6. The predicted octanol–water partition coefficient (Wildman–Crippen LogP) is 3.20. The number of nitrogens with one attached hydrogen (secondary N) is 1. The van der Waals surface area contributed by atoms with Gasteiger partial charge in [-0.15, -0.1) is 0 Å². The van der Waals surface area contributed by atoms with Crippen molar-refractivity contribution in [2.24, 2.45) is 0 Å². The number of sulfonamides is 1. The number of methoxy groups -OCH3 is 1. The van der Waals surface area contributed by atoms with Gasteiger partial charge < -0.3 is 4.74 Å². The molecule has 23 heavy (non-hydrogen) atoms. The minimum absolute atomic E-state index is 0.0616. The minimum atomic E-state index is -4.12. The number of hydrogen-bond donors (Lipinski definition) is 1. The highest BCUT2D eigenvalue weighted by atomic mass is 35.5. The molecule has 1 N–H and O–H groups in total. The number of rotatable bonds is 5. The molecule has 10 heteroatoms. The van der Waals surface area contributed by atoms with Gasteiger partial charge in [0.2, 0.25) is 0 Å². The van der Waals surface area contributed by atoms with Crippen LogP contribution in [-0.2, 0) is 10.0 Å². The number of hydrogen-bond acceptors (Lipinski definition) is 5. The zero-order chi connectivity index (χ0) is 17.2. The molecule has 0 saturated carbocycles. The summed E-state index contributed by atoms with van der Waals surface area (Å²) < 4.78 is 44.9. The van der Waals surface area contributed by atoms with Crippen molar-refractivity contribution in [2.75, 3.05) is 11.8 Å². The Morgan fingerprint density at radius 3 is 2.48 bits per heavy atom. The Bertz CT molecular complexity index is 873. The van der Waals surface area contributed by atoms with Gasteiger partial charge in [0.25, 0.3) is 15.7 Å². The average molecular weight is 361 g/mol. The standard InChI is InChI=1S/C13H10ClFN2O5S/c1-22-13-5-3-9(7-11(13)15)23(20,21)16-12-4-2-8(17(18)19)6-10(12)14/h2-7,16H,1H3. The van der Waals surface area contributed by atoms with Crippen LogP contribution in [0.25, 0.3) is 0 Å². The van der Waals surface area contributed by atoms with Gasteiger partial charge >= 0.3 is 0 Å². The SMILES string of the molecule is COc1ccc(S(=O)(=O)Nc2ccc([N+](=O)[O-])cc2Cl)cc1F. The second-order valence-electron chi connectivity index (χ2n) is 4.32. The van der Waals surface area contributed by atoms with E-state index in [0.29, 0.717) is 0 Å². The maximum absolute atomic E-state index is 13.6. The zero-order valence-corrected chi connectivity index (χ0v) is 13.2. The van der Waals surface area contributed by atoms with Gasteiger partial charge in [-0.05, 0) is 24.3 Å². The molecule has 0 bridgehead atoms. The van der Waals surface area contributed by atoms with Crippen LogP contribution in [0.5, 0.6) is 5.75 Å². The van der Waals surface area contributed by atoms with E-state index in [4.69, 9.17) is 16.3 Å². The second-order valence-corrected chi connectivity index (χ2v) is 6.41. The van der Waals surface area contributed by atoms with Gasteiger partial charge in [-0.3, -0.25) is 14.8 Å². The third-order valence-electron chi connectivity index (χ3n) is 2.84. The molecule has 0 fully saturated rings.